The molecular weight excluding hydrogens is 364 g/mol. The molecule has 7 nitrogen and oxygen atoms in total. The Morgan fingerprint density at radius 1 is 1.07 bits per heavy atom. The molecule has 1 aromatic carbocycles. The van der Waals surface area contributed by atoms with E-state index in [4.69, 9.17) is 10.5 Å². The van der Waals surface area contributed by atoms with Crippen molar-refractivity contribution in [3.05, 3.63) is 60.6 Å². The second-order valence-electron chi connectivity index (χ2n) is 7.10. The molecule has 0 amide bonds. The van der Waals surface area contributed by atoms with Gasteiger partial charge in [0, 0.05) is 42.9 Å². The highest BCUT2D eigenvalue weighted by molar-refractivity contribution is 5.69. The molecule has 0 unspecified atom stereocenters. The zero-order valence-corrected chi connectivity index (χ0v) is 16.4. The highest BCUT2D eigenvalue weighted by Crippen LogP contribution is 2.24. The lowest BCUT2D eigenvalue weighted by atomic mass is 10.1. The van der Waals surface area contributed by atoms with Gasteiger partial charge in [0.05, 0.1) is 13.2 Å². The number of ether oxygens (including phenoxy) is 1. The van der Waals surface area contributed by atoms with E-state index in [0.717, 1.165) is 68.1 Å². The largest absolute Gasteiger partial charge is 0.383 e. The maximum Gasteiger partial charge on any atom is 0.229 e. The lowest BCUT2D eigenvalue weighted by molar-refractivity contribution is 0.0375. The van der Waals surface area contributed by atoms with E-state index >= 15 is 0 Å². The van der Waals surface area contributed by atoms with E-state index in [-0.39, 0.29) is 0 Å². The van der Waals surface area contributed by atoms with Gasteiger partial charge in [-0.25, -0.2) is 4.98 Å². The molecule has 1 fully saturated rings. The van der Waals surface area contributed by atoms with E-state index in [1.807, 2.05) is 30.5 Å². The van der Waals surface area contributed by atoms with Gasteiger partial charge in [-0.15, -0.1) is 0 Å². The Labute approximate surface area is 171 Å². The summed E-state index contributed by atoms with van der Waals surface area (Å²) in [6.07, 6.45) is 7.32. The number of benzene rings is 1. The lowest BCUT2D eigenvalue weighted by Gasteiger charge is -2.26. The summed E-state index contributed by atoms with van der Waals surface area (Å²) in [5, 5.41) is 3.25. The van der Waals surface area contributed by atoms with Crippen molar-refractivity contribution in [1.29, 1.82) is 0 Å². The van der Waals surface area contributed by atoms with Crippen LogP contribution in [0, 0.1) is 0 Å². The molecule has 3 aromatic rings. The summed E-state index contributed by atoms with van der Waals surface area (Å²) < 4.78 is 5.39. The first-order valence-electron chi connectivity index (χ1n) is 9.97. The highest BCUT2D eigenvalue weighted by atomic mass is 16.5. The Morgan fingerprint density at radius 3 is 2.69 bits per heavy atom. The van der Waals surface area contributed by atoms with Crippen LogP contribution in [0.25, 0.3) is 11.1 Å². The van der Waals surface area contributed by atoms with E-state index in [0.29, 0.717) is 11.8 Å². The van der Waals surface area contributed by atoms with Gasteiger partial charge < -0.3 is 15.8 Å². The summed E-state index contributed by atoms with van der Waals surface area (Å²) in [5.74, 6) is 1.04. The van der Waals surface area contributed by atoms with Crippen LogP contribution in [-0.4, -0.2) is 52.7 Å². The minimum Gasteiger partial charge on any atom is -0.383 e. The predicted octanol–water partition coefficient (Wildman–Crippen LogP) is 3.13. The van der Waals surface area contributed by atoms with Gasteiger partial charge in [-0.05, 0) is 54.8 Å². The topological polar surface area (TPSA) is 89.2 Å². The van der Waals surface area contributed by atoms with Crippen LogP contribution in [0.3, 0.4) is 0 Å². The van der Waals surface area contributed by atoms with E-state index in [2.05, 4.69) is 37.3 Å². The number of rotatable bonds is 7. The fraction of sp³-hybridized carbons (Fsp3) is 0.318. The third kappa shape index (κ3) is 5.28. The van der Waals surface area contributed by atoms with Crippen LogP contribution in [-0.2, 0) is 11.2 Å². The number of nitrogens with two attached hydrogens (primary N) is 1. The Balaban J connectivity index is 1.37. The Bertz CT molecular complexity index is 928. The molecule has 0 saturated carbocycles. The molecule has 0 spiro atoms. The number of nitrogens with zero attached hydrogens (tertiary/aromatic N) is 4. The molecule has 0 radical (unpaired) electrons. The second kappa shape index (κ2) is 9.45. The van der Waals surface area contributed by atoms with Crippen molar-refractivity contribution < 1.29 is 4.74 Å². The van der Waals surface area contributed by atoms with Gasteiger partial charge in [0.25, 0.3) is 0 Å². The molecule has 0 aliphatic carbocycles. The van der Waals surface area contributed by atoms with E-state index in [1.165, 1.54) is 0 Å². The van der Waals surface area contributed by atoms with Crippen molar-refractivity contribution in [3.8, 4) is 11.1 Å². The molecule has 3 heterocycles. The quantitative estimate of drug-likeness (QED) is 0.641. The van der Waals surface area contributed by atoms with Crippen molar-refractivity contribution in [2.45, 2.75) is 12.8 Å². The molecule has 1 saturated heterocycles. The average molecular weight is 390 g/mol. The third-order valence-electron chi connectivity index (χ3n) is 5.05. The Morgan fingerprint density at radius 2 is 1.90 bits per heavy atom. The Hall–Kier alpha value is -3.03. The molecule has 2 aromatic heterocycles. The molecule has 0 bridgehead atoms. The van der Waals surface area contributed by atoms with Crippen molar-refractivity contribution in [1.82, 2.24) is 19.9 Å². The van der Waals surface area contributed by atoms with Crippen molar-refractivity contribution in [3.63, 3.8) is 0 Å². The van der Waals surface area contributed by atoms with E-state index in [9.17, 15) is 0 Å². The molecule has 1 aliphatic rings. The van der Waals surface area contributed by atoms with Crippen LogP contribution in [0.2, 0.25) is 0 Å². The molecule has 3 N–H and O–H groups in total. The van der Waals surface area contributed by atoms with Gasteiger partial charge in [0.15, 0.2) is 0 Å². The number of morpholine rings is 1. The maximum absolute atomic E-state index is 6.18. The van der Waals surface area contributed by atoms with Crippen LogP contribution < -0.4 is 11.1 Å². The standard InChI is InChI=1S/C22H26N6O/c23-21-19(4-2-10-28-11-13-29-14-12-28)16-25-22(27-21)26-20-5-1-3-18(15-20)17-6-8-24-9-7-17/h1,3,5-9,15-16H,2,4,10-14H2,(H3,23,25,26,27). The van der Waals surface area contributed by atoms with Crippen LogP contribution in [0.15, 0.2) is 55.0 Å². The van der Waals surface area contributed by atoms with Crippen molar-refractivity contribution >= 4 is 17.5 Å². The lowest BCUT2D eigenvalue weighted by Crippen LogP contribution is -2.36. The summed E-state index contributed by atoms with van der Waals surface area (Å²) in [5.41, 5.74) is 10.3. The summed E-state index contributed by atoms with van der Waals surface area (Å²) in [7, 11) is 0. The van der Waals surface area contributed by atoms with Gasteiger partial charge in [-0.1, -0.05) is 12.1 Å². The number of aryl methyl sites for hydroxylation is 1. The first-order valence-corrected chi connectivity index (χ1v) is 9.97. The predicted molar refractivity (Wildman–Crippen MR) is 115 cm³/mol. The van der Waals surface area contributed by atoms with Crippen molar-refractivity contribution in [2.24, 2.45) is 0 Å². The fourth-order valence-electron chi connectivity index (χ4n) is 3.44. The number of anilines is 3. The van der Waals surface area contributed by atoms with E-state index < -0.39 is 0 Å². The summed E-state index contributed by atoms with van der Waals surface area (Å²) >= 11 is 0. The Kier molecular flexibility index (Phi) is 6.29. The zero-order valence-electron chi connectivity index (χ0n) is 16.4. The number of hydrogen-bond acceptors (Lipinski definition) is 7. The minimum atomic E-state index is 0.506. The number of nitrogens with one attached hydrogen (secondary N) is 1. The summed E-state index contributed by atoms with van der Waals surface area (Å²) in [6, 6.07) is 12.1. The first-order chi connectivity index (χ1) is 14.3. The molecular formula is C22H26N6O. The number of nitrogen functional groups attached to an aromatic ring is 1. The monoisotopic (exact) mass is 390 g/mol. The second-order valence-corrected chi connectivity index (χ2v) is 7.10. The zero-order chi connectivity index (χ0) is 19.9. The van der Waals surface area contributed by atoms with Crippen LogP contribution in [0.4, 0.5) is 17.5 Å². The third-order valence-corrected chi connectivity index (χ3v) is 5.05. The maximum atomic E-state index is 6.18. The number of aromatic nitrogens is 3. The van der Waals surface area contributed by atoms with Gasteiger partial charge in [-0.2, -0.15) is 4.98 Å². The van der Waals surface area contributed by atoms with Crippen molar-refractivity contribution in [2.75, 3.05) is 43.9 Å². The summed E-state index contributed by atoms with van der Waals surface area (Å²) in [4.78, 5) is 15.4. The van der Waals surface area contributed by atoms with Gasteiger partial charge in [0.1, 0.15) is 5.82 Å². The normalized spacial score (nSPS) is 14.6. The molecule has 4 rings (SSSR count). The van der Waals surface area contributed by atoms with Crippen LogP contribution in [0.1, 0.15) is 12.0 Å². The van der Waals surface area contributed by atoms with E-state index in [1.54, 1.807) is 12.4 Å². The number of pyridine rings is 1. The average Bonchev–Trinajstić information content (AvgIpc) is 2.77. The van der Waals surface area contributed by atoms with Gasteiger partial charge in [-0.3, -0.25) is 9.88 Å². The number of hydrogen-bond donors (Lipinski definition) is 2. The highest BCUT2D eigenvalue weighted by Gasteiger charge is 2.11. The van der Waals surface area contributed by atoms with Gasteiger partial charge >= 0.3 is 0 Å². The minimum absolute atomic E-state index is 0.506. The molecule has 150 valence electrons. The van der Waals surface area contributed by atoms with Gasteiger partial charge in [0.2, 0.25) is 5.95 Å². The van der Waals surface area contributed by atoms with Crippen LogP contribution >= 0.6 is 0 Å². The molecule has 7 heteroatoms. The molecule has 0 atom stereocenters. The smallest absolute Gasteiger partial charge is 0.229 e. The van der Waals surface area contributed by atoms with Crippen LogP contribution in [0.5, 0.6) is 0 Å². The SMILES string of the molecule is Nc1nc(Nc2cccc(-c3ccncc3)c2)ncc1CCCN1CCOCC1. The summed E-state index contributed by atoms with van der Waals surface area (Å²) in [6.45, 7) is 4.72. The molecule has 29 heavy (non-hydrogen) atoms. The first kappa shape index (κ1) is 19.3. The fourth-order valence-corrected chi connectivity index (χ4v) is 3.44. The molecule has 1 aliphatic heterocycles.